The Morgan fingerprint density at radius 2 is 2.04 bits per heavy atom. The first-order valence-electron chi connectivity index (χ1n) is 9.05. The molecule has 0 saturated carbocycles. The number of likely N-dealkylation sites (tertiary alicyclic amines) is 1. The van der Waals surface area contributed by atoms with Crippen molar-refractivity contribution in [3.05, 3.63) is 51.7 Å². The maximum atomic E-state index is 12.9. The summed E-state index contributed by atoms with van der Waals surface area (Å²) in [5.74, 6) is 0.231. The standard InChI is InChI=1S/C18H19F3N4O3/c19-18(20,21)12-4-1-3-11(7-12)8-24-17(28)25-14(5-2-6-15(25)22-24)16(27)23-9-13(26)10-23/h1,3-4,7,13-14,26H,2,5-6,8-10H2. The number of alkyl halides is 3. The maximum absolute atomic E-state index is 12.9. The van der Waals surface area contributed by atoms with E-state index < -0.39 is 29.6 Å². The molecule has 7 nitrogen and oxygen atoms in total. The van der Waals surface area contributed by atoms with Crippen LogP contribution in [0.1, 0.15) is 35.8 Å². The summed E-state index contributed by atoms with van der Waals surface area (Å²) in [5.41, 5.74) is -0.987. The second kappa shape index (κ2) is 6.77. The molecule has 2 aliphatic rings. The zero-order valence-corrected chi connectivity index (χ0v) is 14.9. The highest BCUT2D eigenvalue weighted by Gasteiger charge is 2.38. The number of benzene rings is 1. The molecule has 1 aromatic carbocycles. The molecule has 1 fully saturated rings. The largest absolute Gasteiger partial charge is 0.416 e. The summed E-state index contributed by atoms with van der Waals surface area (Å²) in [6.45, 7) is 0.391. The zero-order chi connectivity index (χ0) is 20.1. The minimum atomic E-state index is -4.46. The van der Waals surface area contributed by atoms with E-state index in [1.807, 2.05) is 0 Å². The van der Waals surface area contributed by atoms with Crippen LogP contribution in [0.5, 0.6) is 0 Å². The van der Waals surface area contributed by atoms with Gasteiger partial charge in [-0.05, 0) is 30.5 Å². The average Bonchev–Trinajstić information content (AvgIpc) is 2.94. The van der Waals surface area contributed by atoms with Gasteiger partial charge in [0.05, 0.1) is 18.2 Å². The highest BCUT2D eigenvalue weighted by molar-refractivity contribution is 5.81. The second-order valence-corrected chi connectivity index (χ2v) is 7.23. The van der Waals surface area contributed by atoms with Gasteiger partial charge in [0, 0.05) is 19.5 Å². The lowest BCUT2D eigenvalue weighted by atomic mass is 10.0. The van der Waals surface area contributed by atoms with Gasteiger partial charge in [-0.2, -0.15) is 18.3 Å². The van der Waals surface area contributed by atoms with Crippen LogP contribution in [-0.2, 0) is 23.9 Å². The lowest BCUT2D eigenvalue weighted by Crippen LogP contribution is -2.56. The molecule has 2 aliphatic heterocycles. The molecule has 10 heteroatoms. The monoisotopic (exact) mass is 396 g/mol. The van der Waals surface area contributed by atoms with E-state index >= 15 is 0 Å². The first-order valence-corrected chi connectivity index (χ1v) is 9.05. The van der Waals surface area contributed by atoms with Gasteiger partial charge in [-0.3, -0.25) is 9.36 Å². The van der Waals surface area contributed by atoms with Gasteiger partial charge >= 0.3 is 11.9 Å². The van der Waals surface area contributed by atoms with Gasteiger partial charge in [-0.25, -0.2) is 9.48 Å². The number of amides is 1. The van der Waals surface area contributed by atoms with Gasteiger partial charge in [-0.15, -0.1) is 0 Å². The van der Waals surface area contributed by atoms with Gasteiger partial charge < -0.3 is 10.0 Å². The van der Waals surface area contributed by atoms with Crippen LogP contribution in [0.2, 0.25) is 0 Å². The molecule has 2 aromatic rings. The Labute approximate surface area is 158 Å². The van der Waals surface area contributed by atoms with E-state index in [-0.39, 0.29) is 25.5 Å². The first-order chi connectivity index (χ1) is 13.2. The number of hydrogen-bond donors (Lipinski definition) is 1. The van der Waals surface area contributed by atoms with Gasteiger partial charge in [0.15, 0.2) is 0 Å². The molecule has 1 N–H and O–H groups in total. The normalized spacial score (nSPS) is 20.0. The predicted octanol–water partition coefficient (Wildman–Crippen LogP) is 1.19. The SMILES string of the molecule is O=C(C1CCCc2nn(Cc3cccc(C(F)(F)F)c3)c(=O)n21)N1CC(O)C1. The van der Waals surface area contributed by atoms with Crippen molar-refractivity contribution in [3.8, 4) is 0 Å². The van der Waals surface area contributed by atoms with Crippen molar-refractivity contribution in [3.63, 3.8) is 0 Å². The highest BCUT2D eigenvalue weighted by atomic mass is 19.4. The van der Waals surface area contributed by atoms with Crippen molar-refractivity contribution in [2.45, 2.75) is 44.1 Å². The molecule has 1 amide bonds. The molecule has 0 spiro atoms. The number of aryl methyl sites for hydroxylation is 1. The molecule has 1 atom stereocenters. The summed E-state index contributed by atoms with van der Waals surface area (Å²) >= 11 is 0. The molecule has 150 valence electrons. The van der Waals surface area contributed by atoms with E-state index in [2.05, 4.69) is 5.10 Å². The Morgan fingerprint density at radius 3 is 2.71 bits per heavy atom. The predicted molar refractivity (Wildman–Crippen MR) is 91.6 cm³/mol. The van der Waals surface area contributed by atoms with Gasteiger partial charge in [0.2, 0.25) is 5.91 Å². The van der Waals surface area contributed by atoms with E-state index in [0.29, 0.717) is 30.7 Å². The number of hydrogen-bond acceptors (Lipinski definition) is 4. The van der Waals surface area contributed by atoms with Crippen LogP contribution in [-0.4, -0.2) is 49.5 Å². The fourth-order valence-corrected chi connectivity index (χ4v) is 3.73. The van der Waals surface area contributed by atoms with Crippen LogP contribution in [0.3, 0.4) is 0 Å². The van der Waals surface area contributed by atoms with Crippen LogP contribution in [0, 0.1) is 0 Å². The Bertz CT molecular complexity index is 960. The molecule has 4 rings (SSSR count). The smallest absolute Gasteiger partial charge is 0.389 e. The lowest BCUT2D eigenvalue weighted by Gasteiger charge is -2.39. The van der Waals surface area contributed by atoms with Crippen LogP contribution in [0.25, 0.3) is 0 Å². The topological polar surface area (TPSA) is 80.4 Å². The molecule has 1 unspecified atom stereocenters. The molecular formula is C18H19F3N4O3. The van der Waals surface area contributed by atoms with Crippen molar-refractivity contribution in [1.82, 2.24) is 19.2 Å². The molecule has 3 heterocycles. The van der Waals surface area contributed by atoms with E-state index in [0.717, 1.165) is 16.8 Å². The zero-order valence-electron chi connectivity index (χ0n) is 14.9. The third-order valence-electron chi connectivity index (χ3n) is 5.18. The van der Waals surface area contributed by atoms with E-state index in [4.69, 9.17) is 0 Å². The fourth-order valence-electron chi connectivity index (χ4n) is 3.73. The summed E-state index contributed by atoms with van der Waals surface area (Å²) in [7, 11) is 0. The number of fused-ring (bicyclic) bond motifs is 1. The van der Waals surface area contributed by atoms with Crippen molar-refractivity contribution in [2.24, 2.45) is 0 Å². The van der Waals surface area contributed by atoms with Crippen molar-refractivity contribution in [2.75, 3.05) is 13.1 Å². The Hall–Kier alpha value is -2.62. The summed E-state index contributed by atoms with van der Waals surface area (Å²) in [5, 5.41) is 13.7. The third kappa shape index (κ3) is 3.32. The van der Waals surface area contributed by atoms with Gasteiger partial charge in [-0.1, -0.05) is 12.1 Å². The number of aliphatic hydroxyl groups is 1. The van der Waals surface area contributed by atoms with Crippen LogP contribution in [0.4, 0.5) is 13.2 Å². The number of carbonyl (C=O) groups excluding carboxylic acids is 1. The third-order valence-corrected chi connectivity index (χ3v) is 5.18. The lowest BCUT2D eigenvalue weighted by molar-refractivity contribution is -0.145. The van der Waals surface area contributed by atoms with Crippen molar-refractivity contribution in [1.29, 1.82) is 0 Å². The summed E-state index contributed by atoms with van der Waals surface area (Å²) in [4.78, 5) is 27.0. The van der Waals surface area contributed by atoms with Crippen LogP contribution < -0.4 is 5.69 Å². The van der Waals surface area contributed by atoms with Crippen molar-refractivity contribution < 1.29 is 23.1 Å². The number of halogens is 3. The molecule has 0 aliphatic carbocycles. The Morgan fingerprint density at radius 1 is 1.29 bits per heavy atom. The minimum absolute atomic E-state index is 0.105. The average molecular weight is 396 g/mol. The summed E-state index contributed by atoms with van der Waals surface area (Å²) < 4.78 is 41.2. The molecule has 0 bridgehead atoms. The van der Waals surface area contributed by atoms with E-state index in [1.54, 1.807) is 0 Å². The first kappa shape index (κ1) is 18.7. The molecule has 1 saturated heterocycles. The number of carbonyl (C=O) groups is 1. The fraction of sp³-hybridized carbons (Fsp3) is 0.500. The van der Waals surface area contributed by atoms with E-state index in [1.165, 1.54) is 21.6 Å². The van der Waals surface area contributed by atoms with Gasteiger partial charge in [0.25, 0.3) is 0 Å². The highest BCUT2D eigenvalue weighted by Crippen LogP contribution is 2.30. The number of aliphatic hydroxyl groups excluding tert-OH is 1. The summed E-state index contributed by atoms with van der Waals surface area (Å²) in [6, 6.07) is 4.08. The second-order valence-electron chi connectivity index (χ2n) is 7.23. The summed E-state index contributed by atoms with van der Waals surface area (Å²) in [6.07, 6.45) is -3.29. The Kier molecular flexibility index (Phi) is 4.53. The Balaban J connectivity index is 1.61. The van der Waals surface area contributed by atoms with E-state index in [9.17, 15) is 27.9 Å². The maximum Gasteiger partial charge on any atom is 0.416 e. The number of nitrogens with zero attached hydrogens (tertiary/aromatic N) is 4. The number of aromatic nitrogens is 3. The molecule has 28 heavy (non-hydrogen) atoms. The van der Waals surface area contributed by atoms with Gasteiger partial charge in [0.1, 0.15) is 11.9 Å². The van der Waals surface area contributed by atoms with Crippen LogP contribution in [0.15, 0.2) is 29.1 Å². The molecule has 0 radical (unpaired) electrons. The number of β-amino-alcohol motifs (C(OH)–C–C–N with tert-alkyl or cyclic N) is 1. The van der Waals surface area contributed by atoms with Crippen molar-refractivity contribution >= 4 is 5.91 Å². The minimum Gasteiger partial charge on any atom is -0.389 e. The molecule has 1 aromatic heterocycles. The molecular weight excluding hydrogens is 377 g/mol. The quantitative estimate of drug-likeness (QED) is 0.845. The number of rotatable bonds is 3. The van der Waals surface area contributed by atoms with Crippen LogP contribution >= 0.6 is 0 Å².